The monoisotopic (exact) mass is 457 g/mol. The summed E-state index contributed by atoms with van der Waals surface area (Å²) in [6.45, 7) is 5.54. The lowest BCUT2D eigenvalue weighted by atomic mass is 10.3. The second kappa shape index (κ2) is 9.49. The highest BCUT2D eigenvalue weighted by atomic mass is 32.2. The molecule has 10 heteroatoms. The number of para-hydroxylation sites is 2. The first-order chi connectivity index (χ1) is 15.1. The highest BCUT2D eigenvalue weighted by molar-refractivity contribution is 7.89. The fraction of sp³-hybridized carbons (Fsp3) is 0.318. The number of aryl methyl sites for hydroxylation is 1. The highest BCUT2D eigenvalue weighted by Gasteiger charge is 2.24. The lowest BCUT2D eigenvalue weighted by Gasteiger charge is -2.20. The second-order valence-corrected chi connectivity index (χ2v) is 9.50. The van der Waals surface area contributed by atoms with E-state index in [0.717, 1.165) is 15.3 Å². The fourth-order valence-electron chi connectivity index (χ4n) is 3.49. The van der Waals surface area contributed by atoms with Gasteiger partial charge >= 0.3 is 0 Å². The summed E-state index contributed by atoms with van der Waals surface area (Å²) in [5, 5.41) is 5.42. The first kappa shape index (κ1) is 23.4. The minimum Gasteiger partial charge on any atom is -0.345 e. The number of carbonyl (C=O) groups is 2. The summed E-state index contributed by atoms with van der Waals surface area (Å²) in [5.41, 5.74) is 2.31. The number of sulfonamides is 1. The van der Waals surface area contributed by atoms with Crippen LogP contribution in [0, 0.1) is 0 Å². The number of benzene rings is 2. The number of nitrogens with zero attached hydrogens (tertiary/aromatic N) is 3. The van der Waals surface area contributed by atoms with Crippen LogP contribution < -0.4 is 10.6 Å². The zero-order valence-electron chi connectivity index (χ0n) is 18.5. The number of anilines is 1. The molecule has 0 aliphatic heterocycles. The first-order valence-electron chi connectivity index (χ1n) is 10.2. The molecule has 2 aromatic carbocycles. The predicted molar refractivity (Wildman–Crippen MR) is 123 cm³/mol. The van der Waals surface area contributed by atoms with E-state index in [2.05, 4.69) is 15.6 Å². The van der Waals surface area contributed by atoms with Crippen LogP contribution in [0.1, 0.15) is 32.6 Å². The number of imidazole rings is 1. The van der Waals surface area contributed by atoms with Gasteiger partial charge in [-0.1, -0.05) is 12.1 Å². The molecule has 0 aliphatic carbocycles. The second-order valence-electron chi connectivity index (χ2n) is 7.46. The Morgan fingerprint density at radius 2 is 1.78 bits per heavy atom. The van der Waals surface area contributed by atoms with E-state index in [9.17, 15) is 18.0 Å². The number of fused-ring (bicyclic) bond motifs is 1. The van der Waals surface area contributed by atoms with Crippen molar-refractivity contribution in [2.45, 2.75) is 38.3 Å². The van der Waals surface area contributed by atoms with Crippen molar-refractivity contribution < 1.29 is 18.0 Å². The lowest BCUT2D eigenvalue weighted by Crippen LogP contribution is -2.39. The van der Waals surface area contributed by atoms with Crippen LogP contribution in [0.5, 0.6) is 0 Å². The smallest absolute Gasteiger partial charge is 0.243 e. The largest absolute Gasteiger partial charge is 0.345 e. The third-order valence-electron chi connectivity index (χ3n) is 5.01. The van der Waals surface area contributed by atoms with E-state index in [4.69, 9.17) is 0 Å². The quantitative estimate of drug-likeness (QED) is 0.540. The van der Waals surface area contributed by atoms with Crippen molar-refractivity contribution >= 4 is 38.6 Å². The zero-order valence-corrected chi connectivity index (χ0v) is 19.3. The number of rotatable bonds is 8. The molecule has 2 amide bonds. The Morgan fingerprint density at radius 3 is 2.41 bits per heavy atom. The Hall–Kier alpha value is -3.24. The molecule has 3 rings (SSSR count). The van der Waals surface area contributed by atoms with Gasteiger partial charge in [-0.25, -0.2) is 13.4 Å². The van der Waals surface area contributed by atoms with Crippen LogP contribution in [-0.4, -0.2) is 47.7 Å². The number of amides is 2. The highest BCUT2D eigenvalue weighted by Crippen LogP contribution is 2.21. The number of nitrogens with one attached hydrogen (secondary N) is 2. The Labute approximate surface area is 187 Å². The number of likely N-dealkylation sites (N-methyl/N-ethyl adjacent to an activating group) is 1. The molecule has 2 N–H and O–H groups in total. The Morgan fingerprint density at radius 1 is 1.12 bits per heavy atom. The number of hydrogen-bond acceptors (Lipinski definition) is 5. The standard InChI is InChI=1S/C22H27N5O4S/c1-5-27-20-9-7-6-8-19(20)25-22(27)15(2)23-21(29)14-26(4)32(30,31)18-12-10-17(11-13-18)24-16(3)28/h6-13,15H,5,14H2,1-4H3,(H,23,29)(H,24,28). The molecule has 0 fully saturated rings. The van der Waals surface area contributed by atoms with Crippen molar-refractivity contribution in [2.24, 2.45) is 0 Å². The minimum absolute atomic E-state index is 0.0303. The van der Waals surface area contributed by atoms with Crippen LogP contribution in [0.4, 0.5) is 5.69 Å². The van der Waals surface area contributed by atoms with Crippen molar-refractivity contribution in [3.8, 4) is 0 Å². The topological polar surface area (TPSA) is 113 Å². The van der Waals surface area contributed by atoms with Gasteiger partial charge in [-0.05, 0) is 50.2 Å². The molecule has 0 spiro atoms. The third-order valence-corrected chi connectivity index (χ3v) is 6.83. The van der Waals surface area contributed by atoms with Crippen molar-refractivity contribution in [2.75, 3.05) is 18.9 Å². The van der Waals surface area contributed by atoms with Gasteiger partial charge in [0.05, 0.1) is 28.5 Å². The maximum Gasteiger partial charge on any atom is 0.243 e. The van der Waals surface area contributed by atoms with Gasteiger partial charge in [-0.15, -0.1) is 0 Å². The molecular formula is C22H27N5O4S. The number of hydrogen-bond donors (Lipinski definition) is 2. The molecular weight excluding hydrogens is 430 g/mol. The summed E-state index contributed by atoms with van der Waals surface area (Å²) >= 11 is 0. The van der Waals surface area contributed by atoms with Gasteiger partial charge in [0.25, 0.3) is 0 Å². The van der Waals surface area contributed by atoms with Crippen molar-refractivity contribution in [1.29, 1.82) is 0 Å². The average molecular weight is 458 g/mol. The van der Waals surface area contributed by atoms with Crippen LogP contribution in [0.3, 0.4) is 0 Å². The summed E-state index contributed by atoms with van der Waals surface area (Å²) in [6, 6.07) is 13.1. The Kier molecular flexibility index (Phi) is 6.95. The molecule has 3 aromatic rings. The van der Waals surface area contributed by atoms with E-state index in [1.165, 1.54) is 38.2 Å². The van der Waals surface area contributed by atoms with Gasteiger partial charge in [0, 0.05) is 26.2 Å². The van der Waals surface area contributed by atoms with Crippen LogP contribution in [0.15, 0.2) is 53.4 Å². The molecule has 1 atom stereocenters. The van der Waals surface area contributed by atoms with E-state index in [0.29, 0.717) is 18.1 Å². The van der Waals surface area contributed by atoms with Crippen molar-refractivity contribution in [3.63, 3.8) is 0 Å². The van der Waals surface area contributed by atoms with Crippen LogP contribution in [0.2, 0.25) is 0 Å². The Bertz CT molecular complexity index is 1230. The van der Waals surface area contributed by atoms with Crippen molar-refractivity contribution in [3.05, 3.63) is 54.4 Å². The summed E-state index contributed by atoms with van der Waals surface area (Å²) in [5.74, 6) is 0.0226. The maximum atomic E-state index is 12.8. The molecule has 0 aliphatic rings. The molecule has 170 valence electrons. The Balaban J connectivity index is 1.69. The molecule has 1 aromatic heterocycles. The summed E-state index contributed by atoms with van der Waals surface area (Å²) in [4.78, 5) is 28.4. The molecule has 0 radical (unpaired) electrons. The molecule has 9 nitrogen and oxygen atoms in total. The SMILES string of the molecule is CCn1c(C(C)NC(=O)CN(C)S(=O)(=O)c2ccc(NC(C)=O)cc2)nc2ccccc21. The maximum absolute atomic E-state index is 12.8. The summed E-state index contributed by atoms with van der Waals surface area (Å²) < 4.78 is 28.7. The number of carbonyl (C=O) groups excluding carboxylic acids is 2. The van der Waals surface area contributed by atoms with Crippen LogP contribution in [-0.2, 0) is 26.2 Å². The van der Waals surface area contributed by atoms with E-state index in [1.807, 2.05) is 42.7 Å². The van der Waals surface area contributed by atoms with Gasteiger partial charge in [0.15, 0.2) is 0 Å². The summed E-state index contributed by atoms with van der Waals surface area (Å²) in [7, 11) is -2.52. The minimum atomic E-state index is -3.87. The van der Waals surface area contributed by atoms with E-state index in [1.54, 1.807) is 0 Å². The molecule has 1 heterocycles. The van der Waals surface area contributed by atoms with Gasteiger partial charge in [0.2, 0.25) is 21.8 Å². The molecule has 0 saturated heterocycles. The van der Waals surface area contributed by atoms with Gasteiger partial charge < -0.3 is 15.2 Å². The fourth-order valence-corrected chi connectivity index (χ4v) is 4.62. The molecule has 32 heavy (non-hydrogen) atoms. The van der Waals surface area contributed by atoms with E-state index >= 15 is 0 Å². The van der Waals surface area contributed by atoms with Gasteiger partial charge in [-0.2, -0.15) is 4.31 Å². The number of aromatic nitrogens is 2. The molecule has 1 unspecified atom stereocenters. The molecule has 0 saturated carbocycles. The van der Waals surface area contributed by atoms with Crippen LogP contribution >= 0.6 is 0 Å². The summed E-state index contributed by atoms with van der Waals surface area (Å²) in [6.07, 6.45) is 0. The lowest BCUT2D eigenvalue weighted by molar-refractivity contribution is -0.121. The van der Waals surface area contributed by atoms with Crippen LogP contribution in [0.25, 0.3) is 11.0 Å². The molecule has 0 bridgehead atoms. The average Bonchev–Trinajstić information content (AvgIpc) is 3.12. The normalized spacial score (nSPS) is 12.7. The van der Waals surface area contributed by atoms with E-state index in [-0.39, 0.29) is 17.3 Å². The zero-order chi connectivity index (χ0) is 23.5. The van der Waals surface area contributed by atoms with E-state index < -0.39 is 22.0 Å². The predicted octanol–water partition coefficient (Wildman–Crippen LogP) is 2.51. The third kappa shape index (κ3) is 4.97. The van der Waals surface area contributed by atoms with Gasteiger partial charge in [-0.3, -0.25) is 9.59 Å². The van der Waals surface area contributed by atoms with Gasteiger partial charge in [0.1, 0.15) is 5.82 Å². The van der Waals surface area contributed by atoms with Crippen molar-refractivity contribution in [1.82, 2.24) is 19.2 Å². The first-order valence-corrected chi connectivity index (χ1v) is 11.7.